The Morgan fingerprint density at radius 2 is 1.90 bits per heavy atom. The largest absolute Gasteiger partial charge is 0.278 e. The molecule has 1 aliphatic rings. The maximum atomic E-state index is 12.3. The summed E-state index contributed by atoms with van der Waals surface area (Å²) in [6.45, 7) is 0.729. The van der Waals surface area contributed by atoms with Crippen molar-refractivity contribution < 1.29 is 9.63 Å². The molecule has 0 saturated heterocycles. The van der Waals surface area contributed by atoms with Crippen molar-refractivity contribution in [2.45, 2.75) is 13.2 Å². The SMILES string of the molecule is O=C1c2ccccc2CON1Cc1ccc(Cl)c(Cl)c1. The molecule has 2 aromatic rings. The molecule has 0 unspecified atom stereocenters. The first kappa shape index (κ1) is 13.4. The number of hydrogen-bond donors (Lipinski definition) is 0. The van der Waals surface area contributed by atoms with Gasteiger partial charge in [-0.25, -0.2) is 5.06 Å². The third kappa shape index (κ3) is 2.52. The van der Waals surface area contributed by atoms with Crippen molar-refractivity contribution >= 4 is 29.1 Å². The molecule has 0 aromatic heterocycles. The number of hydroxylamine groups is 2. The van der Waals surface area contributed by atoms with E-state index in [0.29, 0.717) is 28.8 Å². The lowest BCUT2D eigenvalue weighted by molar-refractivity contribution is -0.146. The highest BCUT2D eigenvalue weighted by molar-refractivity contribution is 6.42. The maximum absolute atomic E-state index is 12.3. The first-order valence-corrected chi connectivity index (χ1v) is 6.87. The summed E-state index contributed by atoms with van der Waals surface area (Å²) < 4.78 is 0. The Morgan fingerprint density at radius 3 is 2.70 bits per heavy atom. The van der Waals surface area contributed by atoms with Gasteiger partial charge < -0.3 is 0 Å². The number of amides is 1. The third-order valence-electron chi connectivity index (χ3n) is 3.16. The number of benzene rings is 2. The lowest BCUT2D eigenvalue weighted by Crippen LogP contribution is -2.35. The molecule has 0 fully saturated rings. The lowest BCUT2D eigenvalue weighted by atomic mass is 10.1. The van der Waals surface area contributed by atoms with Crippen LogP contribution in [-0.4, -0.2) is 11.0 Å². The van der Waals surface area contributed by atoms with Crippen LogP contribution in [0, 0.1) is 0 Å². The van der Waals surface area contributed by atoms with Gasteiger partial charge in [0.15, 0.2) is 0 Å². The van der Waals surface area contributed by atoms with E-state index in [-0.39, 0.29) is 5.91 Å². The monoisotopic (exact) mass is 307 g/mol. The molecule has 2 aromatic carbocycles. The molecule has 5 heteroatoms. The number of carbonyl (C=O) groups is 1. The zero-order valence-corrected chi connectivity index (χ0v) is 12.0. The number of nitrogens with zero attached hydrogens (tertiary/aromatic N) is 1. The van der Waals surface area contributed by atoms with E-state index in [1.54, 1.807) is 12.1 Å². The second-order valence-corrected chi connectivity index (χ2v) is 5.34. The van der Waals surface area contributed by atoms with Crippen LogP contribution >= 0.6 is 23.2 Å². The highest BCUT2D eigenvalue weighted by atomic mass is 35.5. The van der Waals surface area contributed by atoms with Crippen LogP contribution in [0.1, 0.15) is 21.5 Å². The van der Waals surface area contributed by atoms with Gasteiger partial charge in [-0.3, -0.25) is 9.63 Å². The molecule has 0 spiro atoms. The first-order valence-electron chi connectivity index (χ1n) is 6.12. The van der Waals surface area contributed by atoms with Crippen molar-refractivity contribution in [3.8, 4) is 0 Å². The van der Waals surface area contributed by atoms with Gasteiger partial charge in [-0.1, -0.05) is 47.5 Å². The summed E-state index contributed by atoms with van der Waals surface area (Å²) in [6.07, 6.45) is 0. The van der Waals surface area contributed by atoms with Crippen LogP contribution in [0.15, 0.2) is 42.5 Å². The number of hydrogen-bond acceptors (Lipinski definition) is 2. The molecule has 1 aliphatic heterocycles. The predicted molar refractivity (Wildman–Crippen MR) is 77.6 cm³/mol. The molecule has 1 heterocycles. The molecule has 0 atom stereocenters. The van der Waals surface area contributed by atoms with Crippen LogP contribution in [0.2, 0.25) is 10.0 Å². The molecule has 3 rings (SSSR count). The summed E-state index contributed by atoms with van der Waals surface area (Å²) in [5, 5.41) is 2.31. The van der Waals surface area contributed by atoms with Crippen molar-refractivity contribution in [1.29, 1.82) is 0 Å². The molecule has 1 amide bonds. The van der Waals surface area contributed by atoms with Crippen molar-refractivity contribution in [2.75, 3.05) is 0 Å². The van der Waals surface area contributed by atoms with Crippen LogP contribution < -0.4 is 0 Å². The van der Waals surface area contributed by atoms with E-state index in [4.69, 9.17) is 28.0 Å². The molecule has 0 N–H and O–H groups in total. The Hall–Kier alpha value is -1.55. The van der Waals surface area contributed by atoms with E-state index in [1.165, 1.54) is 5.06 Å². The van der Waals surface area contributed by atoms with Crippen LogP contribution in [0.5, 0.6) is 0 Å². The summed E-state index contributed by atoms with van der Waals surface area (Å²) >= 11 is 11.8. The average molecular weight is 308 g/mol. The zero-order chi connectivity index (χ0) is 14.1. The van der Waals surface area contributed by atoms with Crippen LogP contribution in [0.25, 0.3) is 0 Å². The average Bonchev–Trinajstić information content (AvgIpc) is 2.46. The fraction of sp³-hybridized carbons (Fsp3) is 0.133. The van der Waals surface area contributed by atoms with Gasteiger partial charge in [0, 0.05) is 5.56 Å². The minimum Gasteiger partial charge on any atom is -0.267 e. The van der Waals surface area contributed by atoms with Crippen LogP contribution in [0.4, 0.5) is 0 Å². The molecule has 0 radical (unpaired) electrons. The normalized spacial score (nSPS) is 14.3. The van der Waals surface area contributed by atoms with Crippen molar-refractivity contribution in [1.82, 2.24) is 5.06 Å². The third-order valence-corrected chi connectivity index (χ3v) is 3.90. The highest BCUT2D eigenvalue weighted by Gasteiger charge is 2.25. The van der Waals surface area contributed by atoms with Crippen LogP contribution in [0.3, 0.4) is 0 Å². The number of rotatable bonds is 2. The van der Waals surface area contributed by atoms with E-state index in [1.807, 2.05) is 30.3 Å². The highest BCUT2D eigenvalue weighted by Crippen LogP contribution is 2.25. The van der Waals surface area contributed by atoms with Gasteiger partial charge in [-0.15, -0.1) is 0 Å². The second kappa shape index (κ2) is 5.44. The maximum Gasteiger partial charge on any atom is 0.278 e. The first-order chi connectivity index (χ1) is 9.65. The Kier molecular flexibility index (Phi) is 3.66. The molecular weight excluding hydrogens is 297 g/mol. The fourth-order valence-electron chi connectivity index (χ4n) is 2.12. The van der Waals surface area contributed by atoms with Gasteiger partial charge in [-0.05, 0) is 29.3 Å². The van der Waals surface area contributed by atoms with Gasteiger partial charge >= 0.3 is 0 Å². The van der Waals surface area contributed by atoms with E-state index in [9.17, 15) is 4.79 Å². The summed E-state index contributed by atoms with van der Waals surface area (Å²) in [7, 11) is 0. The van der Waals surface area contributed by atoms with Crippen LogP contribution in [-0.2, 0) is 18.0 Å². The summed E-state index contributed by atoms with van der Waals surface area (Å²) in [5.74, 6) is -0.141. The number of halogens is 2. The second-order valence-electron chi connectivity index (χ2n) is 4.52. The Bertz CT molecular complexity index is 673. The molecule has 0 aliphatic carbocycles. The number of carbonyl (C=O) groups excluding carboxylic acids is 1. The smallest absolute Gasteiger partial charge is 0.267 e. The quantitative estimate of drug-likeness (QED) is 0.836. The molecule has 20 heavy (non-hydrogen) atoms. The fourth-order valence-corrected chi connectivity index (χ4v) is 2.44. The molecule has 102 valence electrons. The summed E-state index contributed by atoms with van der Waals surface area (Å²) in [5.41, 5.74) is 2.45. The van der Waals surface area contributed by atoms with Gasteiger partial charge in [0.2, 0.25) is 0 Å². The standard InChI is InChI=1S/C15H11Cl2NO2/c16-13-6-5-10(7-14(13)17)8-18-15(19)12-4-2-1-3-11(12)9-20-18/h1-7H,8-9H2. The van der Waals surface area contributed by atoms with Gasteiger partial charge in [-0.2, -0.15) is 0 Å². The lowest BCUT2D eigenvalue weighted by Gasteiger charge is -2.27. The van der Waals surface area contributed by atoms with Crippen molar-refractivity contribution in [3.05, 3.63) is 69.2 Å². The van der Waals surface area contributed by atoms with E-state index in [2.05, 4.69) is 0 Å². The number of fused-ring (bicyclic) bond motifs is 1. The molecule has 3 nitrogen and oxygen atoms in total. The topological polar surface area (TPSA) is 29.5 Å². The summed E-state index contributed by atoms with van der Waals surface area (Å²) in [6, 6.07) is 12.7. The van der Waals surface area contributed by atoms with Crippen molar-refractivity contribution in [3.63, 3.8) is 0 Å². The predicted octanol–water partition coefficient (Wildman–Crippen LogP) is 4.08. The van der Waals surface area contributed by atoms with Crippen molar-refractivity contribution in [2.24, 2.45) is 0 Å². The Balaban J connectivity index is 1.83. The summed E-state index contributed by atoms with van der Waals surface area (Å²) in [4.78, 5) is 17.8. The molecule has 0 bridgehead atoms. The zero-order valence-electron chi connectivity index (χ0n) is 10.5. The van der Waals surface area contributed by atoms with E-state index in [0.717, 1.165) is 11.1 Å². The minimum absolute atomic E-state index is 0.141. The van der Waals surface area contributed by atoms with Gasteiger partial charge in [0.05, 0.1) is 16.6 Å². The van der Waals surface area contributed by atoms with Gasteiger partial charge in [0.25, 0.3) is 5.91 Å². The minimum atomic E-state index is -0.141. The molecule has 0 saturated carbocycles. The van der Waals surface area contributed by atoms with E-state index >= 15 is 0 Å². The Morgan fingerprint density at radius 1 is 1.10 bits per heavy atom. The molecular formula is C15H11Cl2NO2. The van der Waals surface area contributed by atoms with E-state index < -0.39 is 0 Å². The Labute approximate surface area is 126 Å². The van der Waals surface area contributed by atoms with Gasteiger partial charge in [0.1, 0.15) is 6.61 Å².